The number of rotatable bonds is 19. The lowest BCUT2D eigenvalue weighted by Gasteiger charge is -2.08. The van der Waals surface area contributed by atoms with Gasteiger partial charge >= 0.3 is 5.97 Å². The maximum Gasteiger partial charge on any atom is 0.325 e. The Morgan fingerprint density at radius 3 is 1.48 bits per heavy atom. The van der Waals surface area contributed by atoms with Gasteiger partial charge in [0.1, 0.15) is 6.04 Å². The van der Waals surface area contributed by atoms with Crippen LogP contribution in [0.4, 0.5) is 0 Å². The van der Waals surface area contributed by atoms with E-state index in [1.54, 1.807) is 0 Å². The van der Waals surface area contributed by atoms with E-state index in [0.29, 0.717) is 6.61 Å². The van der Waals surface area contributed by atoms with Crippen LogP contribution in [0.2, 0.25) is 0 Å². The summed E-state index contributed by atoms with van der Waals surface area (Å²) in [6.45, 7) is 2.34. The van der Waals surface area contributed by atoms with Crippen molar-refractivity contribution in [2.45, 2.75) is 116 Å². The summed E-state index contributed by atoms with van der Waals surface area (Å²) in [6.07, 6.45) is 21.2. The Morgan fingerprint density at radius 2 is 1.12 bits per heavy atom. The molecule has 4 heteroatoms. The molecule has 0 radical (unpaired) electrons. The summed E-state index contributed by atoms with van der Waals surface area (Å²) in [5.74, 6) is -0.497. The highest BCUT2D eigenvalue weighted by Crippen LogP contribution is 2.13. The molecule has 0 aliphatic rings. The number of esters is 1. The van der Waals surface area contributed by atoms with Gasteiger partial charge in [-0.05, 0) is 6.42 Å². The summed E-state index contributed by atoms with van der Waals surface area (Å²) in [7, 11) is 0. The topological polar surface area (TPSA) is 72.5 Å². The molecule has 0 aromatic heterocycles. The monoisotopic (exact) mass is 357 g/mol. The van der Waals surface area contributed by atoms with Crippen molar-refractivity contribution in [3.05, 3.63) is 0 Å². The van der Waals surface area contributed by atoms with Gasteiger partial charge in [-0.3, -0.25) is 4.79 Å². The molecule has 0 fully saturated rings. The Balaban J connectivity index is 3.08. The predicted molar refractivity (Wildman–Crippen MR) is 106 cm³/mol. The van der Waals surface area contributed by atoms with Crippen LogP contribution in [0.15, 0.2) is 0 Å². The maximum absolute atomic E-state index is 11.2. The molecule has 0 aliphatic heterocycles. The third-order valence-corrected chi connectivity index (χ3v) is 4.74. The minimum atomic E-state index is -0.888. The number of hydrogen-bond acceptors (Lipinski definition) is 4. The van der Waals surface area contributed by atoms with Crippen LogP contribution in [-0.4, -0.2) is 30.3 Å². The van der Waals surface area contributed by atoms with Gasteiger partial charge in [-0.25, -0.2) is 0 Å². The van der Waals surface area contributed by atoms with Crippen molar-refractivity contribution in [2.24, 2.45) is 5.73 Å². The first-order valence-corrected chi connectivity index (χ1v) is 10.8. The maximum atomic E-state index is 11.2. The Morgan fingerprint density at radius 1 is 0.760 bits per heavy atom. The van der Waals surface area contributed by atoms with Gasteiger partial charge in [0.15, 0.2) is 0 Å². The molecule has 3 N–H and O–H groups in total. The van der Waals surface area contributed by atoms with E-state index in [0.717, 1.165) is 12.8 Å². The summed E-state index contributed by atoms with van der Waals surface area (Å²) >= 11 is 0. The van der Waals surface area contributed by atoms with Crippen LogP contribution in [0.5, 0.6) is 0 Å². The van der Waals surface area contributed by atoms with Gasteiger partial charge < -0.3 is 15.6 Å². The quantitative estimate of drug-likeness (QED) is 0.249. The second kappa shape index (κ2) is 19.7. The van der Waals surface area contributed by atoms with Gasteiger partial charge in [0.05, 0.1) is 13.2 Å². The zero-order chi connectivity index (χ0) is 18.6. The highest BCUT2D eigenvalue weighted by Gasteiger charge is 2.12. The molecule has 0 bridgehead atoms. The van der Waals surface area contributed by atoms with Crippen molar-refractivity contribution >= 4 is 5.97 Å². The van der Waals surface area contributed by atoms with Crippen LogP contribution in [0.3, 0.4) is 0 Å². The molecule has 0 saturated carbocycles. The standard InChI is InChI=1S/C21H43NO3/c1-2-3-4-5-6-7-8-9-10-11-12-13-14-15-16-17-18-25-21(24)20(22)19-23/h20,23H,2-19,22H2,1H3. The third kappa shape index (κ3) is 18.0. The predicted octanol–water partition coefficient (Wildman–Crippen LogP) is 5.11. The molecule has 0 aromatic rings. The van der Waals surface area contributed by atoms with Crippen LogP contribution in [0.1, 0.15) is 110 Å². The molecule has 1 unspecified atom stereocenters. The minimum absolute atomic E-state index is 0.349. The molecule has 150 valence electrons. The van der Waals surface area contributed by atoms with Crippen molar-refractivity contribution in [3.63, 3.8) is 0 Å². The van der Waals surface area contributed by atoms with Gasteiger partial charge in [0.2, 0.25) is 0 Å². The van der Waals surface area contributed by atoms with Crippen LogP contribution < -0.4 is 5.73 Å². The minimum Gasteiger partial charge on any atom is -0.464 e. The summed E-state index contributed by atoms with van der Waals surface area (Å²) < 4.78 is 4.99. The van der Waals surface area contributed by atoms with Crippen LogP contribution >= 0.6 is 0 Å². The zero-order valence-corrected chi connectivity index (χ0v) is 16.6. The van der Waals surface area contributed by atoms with Gasteiger partial charge in [0.25, 0.3) is 0 Å². The van der Waals surface area contributed by atoms with Crippen molar-refractivity contribution in [3.8, 4) is 0 Å². The Labute approximate surface area is 155 Å². The van der Waals surface area contributed by atoms with Gasteiger partial charge in [-0.2, -0.15) is 0 Å². The van der Waals surface area contributed by atoms with E-state index in [2.05, 4.69) is 6.92 Å². The number of unbranched alkanes of at least 4 members (excludes halogenated alkanes) is 15. The second-order valence-corrected chi connectivity index (χ2v) is 7.26. The Bertz CT molecular complexity index is 284. The van der Waals surface area contributed by atoms with E-state index in [9.17, 15) is 4.79 Å². The first-order chi connectivity index (χ1) is 12.2. The molecular weight excluding hydrogens is 314 g/mol. The van der Waals surface area contributed by atoms with Crippen molar-refractivity contribution in [1.29, 1.82) is 0 Å². The average molecular weight is 358 g/mol. The van der Waals surface area contributed by atoms with Crippen molar-refractivity contribution < 1.29 is 14.6 Å². The number of nitrogens with two attached hydrogens (primary N) is 1. The van der Waals surface area contributed by atoms with E-state index in [4.69, 9.17) is 15.6 Å². The summed E-state index contributed by atoms with van der Waals surface area (Å²) in [4.78, 5) is 11.2. The smallest absolute Gasteiger partial charge is 0.325 e. The Hall–Kier alpha value is -0.610. The summed E-state index contributed by atoms with van der Waals surface area (Å²) in [6, 6.07) is -0.888. The number of aliphatic hydroxyl groups excluding tert-OH is 1. The fourth-order valence-corrected chi connectivity index (χ4v) is 3.00. The fraction of sp³-hybridized carbons (Fsp3) is 0.952. The van der Waals surface area contributed by atoms with Gasteiger partial charge in [-0.15, -0.1) is 0 Å². The lowest BCUT2D eigenvalue weighted by molar-refractivity contribution is -0.146. The van der Waals surface area contributed by atoms with Gasteiger partial charge in [0, 0.05) is 0 Å². The first-order valence-electron chi connectivity index (χ1n) is 10.8. The molecule has 0 aliphatic carbocycles. The van der Waals surface area contributed by atoms with Crippen molar-refractivity contribution in [1.82, 2.24) is 0 Å². The third-order valence-electron chi connectivity index (χ3n) is 4.74. The molecule has 0 saturated heterocycles. The van der Waals surface area contributed by atoms with Crippen molar-refractivity contribution in [2.75, 3.05) is 13.2 Å². The molecular formula is C21H43NO3. The number of carbonyl (C=O) groups is 1. The highest BCUT2D eigenvalue weighted by molar-refractivity contribution is 5.75. The summed E-state index contributed by atoms with van der Waals surface area (Å²) in [5.41, 5.74) is 5.36. The molecule has 4 nitrogen and oxygen atoms in total. The van der Waals surface area contributed by atoms with Crippen LogP contribution in [-0.2, 0) is 9.53 Å². The zero-order valence-electron chi connectivity index (χ0n) is 16.6. The molecule has 0 rings (SSSR count). The van der Waals surface area contributed by atoms with E-state index in [-0.39, 0.29) is 6.61 Å². The molecule has 0 heterocycles. The van der Waals surface area contributed by atoms with Gasteiger partial charge in [-0.1, -0.05) is 103 Å². The van der Waals surface area contributed by atoms with Crippen LogP contribution in [0.25, 0.3) is 0 Å². The lowest BCUT2D eigenvalue weighted by atomic mass is 10.0. The van der Waals surface area contributed by atoms with E-state index < -0.39 is 12.0 Å². The summed E-state index contributed by atoms with van der Waals surface area (Å²) in [5, 5.41) is 8.72. The SMILES string of the molecule is CCCCCCCCCCCCCCCCCCOC(=O)C(N)CO. The Kier molecular flexibility index (Phi) is 19.2. The highest BCUT2D eigenvalue weighted by atomic mass is 16.5. The number of aliphatic hydroxyl groups is 1. The van der Waals surface area contributed by atoms with E-state index in [1.165, 1.54) is 89.9 Å². The fourth-order valence-electron chi connectivity index (χ4n) is 3.00. The molecule has 0 amide bonds. The average Bonchev–Trinajstić information content (AvgIpc) is 2.63. The normalized spacial score (nSPS) is 12.3. The molecule has 0 spiro atoms. The first kappa shape index (κ1) is 24.4. The number of carbonyl (C=O) groups excluding carboxylic acids is 1. The molecule has 0 aromatic carbocycles. The second-order valence-electron chi connectivity index (χ2n) is 7.26. The molecule has 25 heavy (non-hydrogen) atoms. The number of hydrogen-bond donors (Lipinski definition) is 2. The van der Waals surface area contributed by atoms with Crippen LogP contribution in [0, 0.1) is 0 Å². The largest absolute Gasteiger partial charge is 0.464 e. The number of ether oxygens (including phenoxy) is 1. The lowest BCUT2D eigenvalue weighted by Crippen LogP contribution is -2.35. The van der Waals surface area contributed by atoms with E-state index in [1.807, 2.05) is 0 Å². The molecule has 1 atom stereocenters. The van der Waals surface area contributed by atoms with E-state index >= 15 is 0 Å².